The van der Waals surface area contributed by atoms with Gasteiger partial charge in [-0.2, -0.15) is 0 Å². The van der Waals surface area contributed by atoms with Gasteiger partial charge in [-0.15, -0.1) is 0 Å². The molecule has 1 heterocycles. The van der Waals surface area contributed by atoms with Crippen molar-refractivity contribution >= 4 is 21.8 Å². The fourth-order valence-corrected chi connectivity index (χ4v) is 2.47. The molecule has 1 amide bonds. The summed E-state index contributed by atoms with van der Waals surface area (Å²) in [4.78, 5) is 12.5. The molecule has 3 N–H and O–H groups in total. The van der Waals surface area contributed by atoms with Gasteiger partial charge in [0.1, 0.15) is 5.69 Å². The number of nitrogens with two attached hydrogens (primary N) is 1. The Morgan fingerprint density at radius 3 is 2.74 bits per heavy atom. The molecule has 4 nitrogen and oxygen atoms in total. The summed E-state index contributed by atoms with van der Waals surface area (Å²) in [5.74, 6) is 0.244. The highest BCUT2D eigenvalue weighted by molar-refractivity contribution is 9.10. The number of carbonyl (C=O) groups is 1. The van der Waals surface area contributed by atoms with E-state index in [0.29, 0.717) is 12.6 Å². The lowest BCUT2D eigenvalue weighted by molar-refractivity contribution is 0.0873. The van der Waals surface area contributed by atoms with Crippen molar-refractivity contribution in [2.45, 2.75) is 45.2 Å². The number of aromatic nitrogens is 1. The second-order valence-corrected chi connectivity index (χ2v) is 6.83. The van der Waals surface area contributed by atoms with Gasteiger partial charge in [-0.25, -0.2) is 0 Å². The molecule has 0 bridgehead atoms. The molecule has 1 saturated carbocycles. The van der Waals surface area contributed by atoms with Crippen molar-refractivity contribution in [1.29, 1.82) is 0 Å². The number of hydrogen-bond donors (Lipinski definition) is 2. The van der Waals surface area contributed by atoms with E-state index in [1.165, 1.54) is 0 Å². The molecule has 19 heavy (non-hydrogen) atoms. The average Bonchev–Trinajstić information content (AvgIpc) is 3.11. The Balaban J connectivity index is 2.20. The van der Waals surface area contributed by atoms with E-state index in [4.69, 9.17) is 5.73 Å². The highest BCUT2D eigenvalue weighted by Gasteiger charge is 2.32. The van der Waals surface area contributed by atoms with Crippen molar-refractivity contribution in [1.82, 2.24) is 9.88 Å². The van der Waals surface area contributed by atoms with E-state index in [9.17, 15) is 4.79 Å². The number of amides is 1. The first kappa shape index (κ1) is 14.6. The van der Waals surface area contributed by atoms with Crippen LogP contribution in [0.2, 0.25) is 0 Å². The zero-order valence-corrected chi connectivity index (χ0v) is 13.3. The number of nitrogens with one attached hydrogen (secondary N) is 1. The van der Waals surface area contributed by atoms with E-state index in [0.717, 1.165) is 23.0 Å². The summed E-state index contributed by atoms with van der Waals surface area (Å²) in [6.07, 6.45) is 4.29. The van der Waals surface area contributed by atoms with Crippen molar-refractivity contribution in [2.24, 2.45) is 11.7 Å². The standard InChI is InChI=1S/C14H22BrN3O/c1-9(2)14(3,8-16)17-13(19)12-6-10(15)7-18(12)11-4-5-11/h6-7,9,11H,4-5,8,16H2,1-3H3,(H,17,19). The fraction of sp³-hybridized carbons (Fsp3) is 0.643. The van der Waals surface area contributed by atoms with Crippen molar-refractivity contribution in [3.63, 3.8) is 0 Å². The SMILES string of the molecule is CC(C)C(C)(CN)NC(=O)c1cc(Br)cn1C1CC1. The molecule has 1 unspecified atom stereocenters. The van der Waals surface area contributed by atoms with Crippen LogP contribution in [-0.2, 0) is 0 Å². The van der Waals surface area contributed by atoms with Crippen LogP contribution in [0.5, 0.6) is 0 Å². The van der Waals surface area contributed by atoms with Gasteiger partial charge >= 0.3 is 0 Å². The van der Waals surface area contributed by atoms with Crippen LogP contribution in [0, 0.1) is 5.92 Å². The Bertz CT molecular complexity index is 479. The number of hydrogen-bond acceptors (Lipinski definition) is 2. The van der Waals surface area contributed by atoms with E-state index in [1.54, 1.807) is 0 Å². The Kier molecular flexibility index (Phi) is 4.06. The van der Waals surface area contributed by atoms with Gasteiger partial charge in [-0.05, 0) is 47.7 Å². The third-order valence-electron chi connectivity index (χ3n) is 4.09. The Morgan fingerprint density at radius 1 is 1.63 bits per heavy atom. The minimum Gasteiger partial charge on any atom is -0.344 e. The number of nitrogens with zero attached hydrogens (tertiary/aromatic N) is 1. The van der Waals surface area contributed by atoms with E-state index in [2.05, 4.69) is 39.7 Å². The normalized spacial score (nSPS) is 18.4. The van der Waals surface area contributed by atoms with Gasteiger partial charge in [0.05, 0.1) is 5.54 Å². The van der Waals surface area contributed by atoms with E-state index >= 15 is 0 Å². The Labute approximate surface area is 122 Å². The van der Waals surface area contributed by atoms with E-state index < -0.39 is 0 Å². The largest absolute Gasteiger partial charge is 0.344 e. The van der Waals surface area contributed by atoms with Gasteiger partial charge in [0.15, 0.2) is 0 Å². The third-order valence-corrected chi connectivity index (χ3v) is 4.52. The van der Waals surface area contributed by atoms with Gasteiger partial charge in [0, 0.05) is 23.3 Å². The lowest BCUT2D eigenvalue weighted by atomic mass is 9.88. The van der Waals surface area contributed by atoms with Gasteiger partial charge in [0.25, 0.3) is 5.91 Å². The summed E-state index contributed by atoms with van der Waals surface area (Å²) in [5, 5.41) is 3.09. The van der Waals surface area contributed by atoms with E-state index in [1.807, 2.05) is 19.2 Å². The van der Waals surface area contributed by atoms with Crippen LogP contribution >= 0.6 is 15.9 Å². The topological polar surface area (TPSA) is 60.0 Å². The molecule has 0 aliphatic heterocycles. The van der Waals surface area contributed by atoms with Crippen LogP contribution in [0.3, 0.4) is 0 Å². The van der Waals surface area contributed by atoms with Crippen LogP contribution in [0.15, 0.2) is 16.7 Å². The van der Waals surface area contributed by atoms with Crippen molar-refractivity contribution in [2.75, 3.05) is 6.54 Å². The van der Waals surface area contributed by atoms with Crippen molar-refractivity contribution in [3.05, 3.63) is 22.4 Å². The molecule has 1 atom stereocenters. The zero-order valence-electron chi connectivity index (χ0n) is 11.7. The summed E-state index contributed by atoms with van der Waals surface area (Å²) < 4.78 is 3.01. The first-order valence-corrected chi connectivity index (χ1v) is 7.56. The molecule has 0 saturated heterocycles. The lowest BCUT2D eigenvalue weighted by Gasteiger charge is -2.33. The average molecular weight is 328 g/mol. The maximum atomic E-state index is 12.5. The first-order valence-electron chi connectivity index (χ1n) is 6.77. The Morgan fingerprint density at radius 2 is 2.26 bits per heavy atom. The lowest BCUT2D eigenvalue weighted by Crippen LogP contribution is -2.55. The smallest absolute Gasteiger partial charge is 0.268 e. The molecule has 1 aromatic rings. The highest BCUT2D eigenvalue weighted by Crippen LogP contribution is 2.37. The fourth-order valence-electron chi connectivity index (χ4n) is 2.04. The van der Waals surface area contributed by atoms with Gasteiger partial charge in [-0.1, -0.05) is 13.8 Å². The number of rotatable bonds is 5. The molecule has 1 fully saturated rings. The predicted molar refractivity (Wildman–Crippen MR) is 80.2 cm³/mol. The molecule has 0 radical (unpaired) electrons. The molecular weight excluding hydrogens is 306 g/mol. The minimum absolute atomic E-state index is 0.0424. The zero-order chi connectivity index (χ0) is 14.2. The van der Waals surface area contributed by atoms with Gasteiger partial charge in [0.2, 0.25) is 0 Å². The van der Waals surface area contributed by atoms with Crippen molar-refractivity contribution < 1.29 is 4.79 Å². The van der Waals surface area contributed by atoms with Gasteiger partial charge in [-0.3, -0.25) is 4.79 Å². The van der Waals surface area contributed by atoms with Gasteiger partial charge < -0.3 is 15.6 Å². The molecule has 0 aromatic carbocycles. The second-order valence-electron chi connectivity index (χ2n) is 5.91. The molecular formula is C14H22BrN3O. The van der Waals surface area contributed by atoms with Crippen molar-refractivity contribution in [3.8, 4) is 0 Å². The van der Waals surface area contributed by atoms with Crippen LogP contribution in [-0.4, -0.2) is 22.6 Å². The molecule has 5 heteroatoms. The third kappa shape index (κ3) is 3.03. The van der Waals surface area contributed by atoms with E-state index in [-0.39, 0.29) is 17.4 Å². The summed E-state index contributed by atoms with van der Waals surface area (Å²) in [6.45, 7) is 6.57. The molecule has 1 aromatic heterocycles. The second kappa shape index (κ2) is 5.29. The van der Waals surface area contributed by atoms with Crippen LogP contribution in [0.25, 0.3) is 0 Å². The first-order chi connectivity index (χ1) is 8.87. The van der Waals surface area contributed by atoms with Crippen LogP contribution in [0.4, 0.5) is 0 Å². The highest BCUT2D eigenvalue weighted by atomic mass is 79.9. The monoisotopic (exact) mass is 327 g/mol. The summed E-state index contributed by atoms with van der Waals surface area (Å²) in [6, 6.07) is 2.36. The molecule has 0 spiro atoms. The number of halogens is 1. The minimum atomic E-state index is -0.373. The Hall–Kier alpha value is -0.810. The molecule has 2 rings (SSSR count). The maximum absolute atomic E-state index is 12.5. The maximum Gasteiger partial charge on any atom is 0.268 e. The quantitative estimate of drug-likeness (QED) is 0.873. The molecule has 1 aliphatic carbocycles. The summed E-state index contributed by atoms with van der Waals surface area (Å²) in [7, 11) is 0. The molecule has 1 aliphatic rings. The molecule has 106 valence electrons. The van der Waals surface area contributed by atoms with Crippen LogP contribution in [0.1, 0.15) is 50.1 Å². The summed E-state index contributed by atoms with van der Waals surface area (Å²) in [5.41, 5.74) is 6.16. The summed E-state index contributed by atoms with van der Waals surface area (Å²) >= 11 is 3.45. The number of carbonyl (C=O) groups excluding carboxylic acids is 1. The predicted octanol–water partition coefficient (Wildman–Crippen LogP) is 2.69. The van der Waals surface area contributed by atoms with Crippen LogP contribution < -0.4 is 11.1 Å².